The lowest BCUT2D eigenvalue weighted by atomic mass is 10.0. The summed E-state index contributed by atoms with van der Waals surface area (Å²) >= 11 is 0. The second-order valence-electron chi connectivity index (χ2n) is 3.95. The normalized spacial score (nSPS) is 10.3. The first-order valence-corrected chi connectivity index (χ1v) is 5.54. The number of benzene rings is 1. The summed E-state index contributed by atoms with van der Waals surface area (Å²) in [5, 5.41) is 0. The van der Waals surface area contributed by atoms with Crippen molar-refractivity contribution in [2.45, 2.75) is 6.92 Å². The lowest BCUT2D eigenvalue weighted by Crippen LogP contribution is -2.07. The maximum atomic E-state index is 14.2. The Kier molecular flexibility index (Phi) is 3.55. The van der Waals surface area contributed by atoms with Crippen LogP contribution >= 0.6 is 0 Å². The molecule has 0 radical (unpaired) electrons. The van der Waals surface area contributed by atoms with Crippen LogP contribution in [0.3, 0.4) is 0 Å². The van der Waals surface area contributed by atoms with E-state index in [9.17, 15) is 13.6 Å². The number of hydrogen-bond acceptors (Lipinski definition) is 3. The molecule has 3 nitrogen and oxygen atoms in total. The molecule has 0 bridgehead atoms. The Morgan fingerprint density at radius 2 is 1.95 bits per heavy atom. The molecular weight excluding hydrogens is 252 g/mol. The third-order valence-corrected chi connectivity index (χ3v) is 2.74. The molecule has 5 heteroatoms. The van der Waals surface area contributed by atoms with Crippen molar-refractivity contribution in [3.63, 3.8) is 0 Å². The number of aryl methyl sites for hydroxylation is 1. The van der Waals surface area contributed by atoms with Crippen molar-refractivity contribution in [2.75, 3.05) is 7.11 Å². The second-order valence-corrected chi connectivity index (χ2v) is 3.95. The average Bonchev–Trinajstić information content (AvgIpc) is 2.42. The molecule has 98 valence electrons. The number of nitrogens with zero attached hydrogens (tertiary/aromatic N) is 1. The highest BCUT2D eigenvalue weighted by Crippen LogP contribution is 2.26. The van der Waals surface area contributed by atoms with E-state index in [4.69, 9.17) is 0 Å². The van der Waals surface area contributed by atoms with Gasteiger partial charge in [-0.05, 0) is 24.6 Å². The molecule has 0 saturated carbocycles. The van der Waals surface area contributed by atoms with Gasteiger partial charge in [0.05, 0.1) is 12.7 Å². The molecule has 0 spiro atoms. The first-order chi connectivity index (χ1) is 9.06. The van der Waals surface area contributed by atoms with Crippen LogP contribution in [0.15, 0.2) is 30.5 Å². The standard InChI is InChI=1S/C14H11F2NO2/c1-8-4-3-5-9(11(8)15)13-12(16)10(6-7-17-13)14(18)19-2/h3-7H,1-2H3. The molecule has 0 atom stereocenters. The smallest absolute Gasteiger partial charge is 0.340 e. The SMILES string of the molecule is COC(=O)c1ccnc(-c2cccc(C)c2F)c1F. The Labute approximate surface area is 108 Å². The number of aromatic nitrogens is 1. The van der Waals surface area contributed by atoms with Gasteiger partial charge in [0.25, 0.3) is 0 Å². The van der Waals surface area contributed by atoms with Gasteiger partial charge in [-0.3, -0.25) is 4.98 Å². The molecule has 0 fully saturated rings. The lowest BCUT2D eigenvalue weighted by Gasteiger charge is -2.08. The third kappa shape index (κ3) is 2.31. The van der Waals surface area contributed by atoms with Crippen molar-refractivity contribution >= 4 is 5.97 Å². The summed E-state index contributed by atoms with van der Waals surface area (Å²) in [7, 11) is 1.15. The number of ether oxygens (including phenoxy) is 1. The summed E-state index contributed by atoms with van der Waals surface area (Å²) < 4.78 is 32.6. The topological polar surface area (TPSA) is 39.2 Å². The van der Waals surface area contributed by atoms with Crippen molar-refractivity contribution in [2.24, 2.45) is 0 Å². The number of carbonyl (C=O) groups excluding carboxylic acids is 1. The fourth-order valence-electron chi connectivity index (χ4n) is 1.73. The lowest BCUT2D eigenvalue weighted by molar-refractivity contribution is 0.0595. The van der Waals surface area contributed by atoms with Crippen LogP contribution in [0.1, 0.15) is 15.9 Å². The van der Waals surface area contributed by atoms with Crippen LogP contribution < -0.4 is 0 Å². The zero-order valence-corrected chi connectivity index (χ0v) is 10.4. The first kappa shape index (κ1) is 13.1. The monoisotopic (exact) mass is 263 g/mol. The largest absolute Gasteiger partial charge is 0.465 e. The highest BCUT2D eigenvalue weighted by Gasteiger charge is 2.19. The van der Waals surface area contributed by atoms with Crippen molar-refractivity contribution < 1.29 is 18.3 Å². The predicted molar refractivity (Wildman–Crippen MR) is 65.7 cm³/mol. The Morgan fingerprint density at radius 1 is 1.21 bits per heavy atom. The molecule has 0 aliphatic carbocycles. The Balaban J connectivity index is 2.64. The molecule has 0 unspecified atom stereocenters. The predicted octanol–water partition coefficient (Wildman–Crippen LogP) is 3.12. The van der Waals surface area contributed by atoms with E-state index in [2.05, 4.69) is 9.72 Å². The first-order valence-electron chi connectivity index (χ1n) is 5.54. The molecule has 0 aliphatic rings. The van der Waals surface area contributed by atoms with Gasteiger partial charge < -0.3 is 4.74 Å². The summed E-state index contributed by atoms with van der Waals surface area (Å²) in [5.41, 5.74) is -0.0806. The minimum absolute atomic E-state index is 0.0169. The van der Waals surface area contributed by atoms with Gasteiger partial charge in [0, 0.05) is 11.8 Å². The zero-order valence-electron chi connectivity index (χ0n) is 10.4. The van der Waals surface area contributed by atoms with Crippen LogP contribution in [0.4, 0.5) is 8.78 Å². The average molecular weight is 263 g/mol. The van der Waals surface area contributed by atoms with E-state index in [1.54, 1.807) is 19.1 Å². The number of halogens is 2. The van der Waals surface area contributed by atoms with Crippen molar-refractivity contribution in [3.8, 4) is 11.3 Å². The molecule has 0 aliphatic heterocycles. The van der Waals surface area contributed by atoms with Gasteiger partial charge in [-0.1, -0.05) is 12.1 Å². The number of rotatable bonds is 2. The van der Waals surface area contributed by atoms with Crippen molar-refractivity contribution in [3.05, 3.63) is 53.2 Å². The molecule has 1 heterocycles. The molecule has 2 rings (SSSR count). The van der Waals surface area contributed by atoms with Crippen LogP contribution in [0.5, 0.6) is 0 Å². The number of carbonyl (C=O) groups is 1. The fourth-order valence-corrected chi connectivity index (χ4v) is 1.73. The van der Waals surface area contributed by atoms with Gasteiger partial charge in [-0.2, -0.15) is 0 Å². The van der Waals surface area contributed by atoms with E-state index in [1.165, 1.54) is 18.3 Å². The maximum absolute atomic E-state index is 14.2. The van der Waals surface area contributed by atoms with Crippen LogP contribution in [0.25, 0.3) is 11.3 Å². The fraction of sp³-hybridized carbons (Fsp3) is 0.143. The molecule has 0 saturated heterocycles. The van der Waals surface area contributed by atoms with Crippen molar-refractivity contribution in [1.29, 1.82) is 0 Å². The van der Waals surface area contributed by atoms with Crippen LogP contribution in [-0.2, 0) is 4.74 Å². The minimum atomic E-state index is -0.890. The van der Waals surface area contributed by atoms with E-state index in [0.29, 0.717) is 5.56 Å². The summed E-state index contributed by atoms with van der Waals surface area (Å²) in [4.78, 5) is 15.2. The van der Waals surface area contributed by atoms with Gasteiger partial charge in [-0.15, -0.1) is 0 Å². The highest BCUT2D eigenvalue weighted by atomic mass is 19.1. The highest BCUT2D eigenvalue weighted by molar-refractivity contribution is 5.90. The Bertz CT molecular complexity index is 641. The molecular formula is C14H11F2NO2. The van der Waals surface area contributed by atoms with E-state index in [0.717, 1.165) is 7.11 Å². The number of esters is 1. The second kappa shape index (κ2) is 5.14. The van der Waals surface area contributed by atoms with Crippen LogP contribution in [-0.4, -0.2) is 18.1 Å². The Morgan fingerprint density at radius 3 is 2.63 bits per heavy atom. The van der Waals surface area contributed by atoms with Crippen LogP contribution in [0.2, 0.25) is 0 Å². The number of pyridine rings is 1. The summed E-state index contributed by atoms with van der Waals surface area (Å²) in [6.07, 6.45) is 1.24. The van der Waals surface area contributed by atoms with E-state index < -0.39 is 17.6 Å². The van der Waals surface area contributed by atoms with Gasteiger partial charge in [0.2, 0.25) is 0 Å². The maximum Gasteiger partial charge on any atom is 0.340 e. The van der Waals surface area contributed by atoms with Gasteiger partial charge >= 0.3 is 5.97 Å². The van der Waals surface area contributed by atoms with Gasteiger partial charge in [0.15, 0.2) is 5.82 Å². The summed E-state index contributed by atoms with van der Waals surface area (Å²) in [5.74, 6) is -2.27. The van der Waals surface area contributed by atoms with Gasteiger partial charge in [0.1, 0.15) is 11.5 Å². The van der Waals surface area contributed by atoms with Crippen LogP contribution in [0, 0.1) is 18.6 Å². The summed E-state index contributed by atoms with van der Waals surface area (Å²) in [6, 6.07) is 5.77. The third-order valence-electron chi connectivity index (χ3n) is 2.74. The molecule has 1 aromatic carbocycles. The molecule has 1 aromatic heterocycles. The molecule has 0 N–H and O–H groups in total. The molecule has 0 amide bonds. The number of hydrogen-bond donors (Lipinski definition) is 0. The Hall–Kier alpha value is -2.30. The van der Waals surface area contributed by atoms with E-state index in [-0.39, 0.29) is 16.8 Å². The molecule has 19 heavy (non-hydrogen) atoms. The quantitative estimate of drug-likeness (QED) is 0.781. The minimum Gasteiger partial charge on any atom is -0.465 e. The van der Waals surface area contributed by atoms with Crippen molar-refractivity contribution in [1.82, 2.24) is 4.98 Å². The summed E-state index contributed by atoms with van der Waals surface area (Å²) in [6.45, 7) is 1.57. The zero-order chi connectivity index (χ0) is 14.0. The van der Waals surface area contributed by atoms with Gasteiger partial charge in [-0.25, -0.2) is 13.6 Å². The van der Waals surface area contributed by atoms with E-state index in [1.807, 2.05) is 0 Å². The van der Waals surface area contributed by atoms with E-state index >= 15 is 0 Å². The number of methoxy groups -OCH3 is 1. The molecule has 2 aromatic rings.